The van der Waals surface area contributed by atoms with Gasteiger partial charge < -0.3 is 19.9 Å². The monoisotopic (exact) mass is 685 g/mol. The molecule has 50 heavy (non-hydrogen) atoms. The van der Waals surface area contributed by atoms with Crippen molar-refractivity contribution < 1.29 is 28.7 Å². The van der Waals surface area contributed by atoms with Crippen LogP contribution in [-0.4, -0.2) is 88.9 Å². The lowest BCUT2D eigenvalue weighted by atomic mass is 9.98. The van der Waals surface area contributed by atoms with E-state index < -0.39 is 47.0 Å². The molecule has 0 radical (unpaired) electrons. The SMILES string of the molecule is CC(=O)N(C)NC(=O)[C@@H](Cc1ccccc1)N(C)C(=O)[C@@H](Cc1ccc2ccccc2c1)N(C)C(=O)/C=C/CC(C)(C)NC(=O)OC(C)(C)C. The van der Waals surface area contributed by atoms with E-state index in [1.807, 2.05) is 86.6 Å². The van der Waals surface area contributed by atoms with Gasteiger partial charge in [-0.05, 0) is 69.0 Å². The Morgan fingerprint density at radius 2 is 1.36 bits per heavy atom. The lowest BCUT2D eigenvalue weighted by Gasteiger charge is -2.35. The smallest absolute Gasteiger partial charge is 0.408 e. The third-order valence-electron chi connectivity index (χ3n) is 8.21. The first kappa shape index (κ1) is 39.3. The molecule has 3 aromatic carbocycles. The zero-order valence-electron chi connectivity index (χ0n) is 30.7. The zero-order chi connectivity index (χ0) is 37.2. The average molecular weight is 686 g/mol. The number of hydrogen-bond donors (Lipinski definition) is 2. The molecular formula is C39H51N5O6. The predicted molar refractivity (Wildman–Crippen MR) is 195 cm³/mol. The van der Waals surface area contributed by atoms with Gasteiger partial charge in [-0.25, -0.2) is 4.79 Å². The first-order valence-corrected chi connectivity index (χ1v) is 16.6. The number of nitrogens with zero attached hydrogens (tertiary/aromatic N) is 3. The molecule has 0 saturated heterocycles. The van der Waals surface area contributed by atoms with E-state index in [2.05, 4.69) is 10.7 Å². The van der Waals surface area contributed by atoms with Gasteiger partial charge in [0, 0.05) is 46.4 Å². The lowest BCUT2D eigenvalue weighted by Crippen LogP contribution is -2.57. The average Bonchev–Trinajstić information content (AvgIpc) is 3.04. The number of fused-ring (bicyclic) bond motifs is 1. The van der Waals surface area contributed by atoms with Gasteiger partial charge >= 0.3 is 6.09 Å². The van der Waals surface area contributed by atoms with E-state index in [1.165, 1.54) is 36.9 Å². The molecule has 3 rings (SSSR count). The number of rotatable bonds is 12. The van der Waals surface area contributed by atoms with Crippen molar-refractivity contribution in [3.63, 3.8) is 0 Å². The highest BCUT2D eigenvalue weighted by atomic mass is 16.6. The normalized spacial score (nSPS) is 12.9. The van der Waals surface area contributed by atoms with Crippen LogP contribution in [0, 0.1) is 0 Å². The molecule has 0 aromatic heterocycles. The molecule has 0 saturated carbocycles. The molecule has 0 aliphatic rings. The minimum atomic E-state index is -0.996. The van der Waals surface area contributed by atoms with Gasteiger partial charge in [0.1, 0.15) is 17.7 Å². The standard InChI is InChI=1S/C39H51N5O6/c1-27(45)44(9)41-35(47)32(25-28-16-11-10-12-17-28)43(8)36(48)33(26-29-21-22-30-18-13-14-19-31(30)24-29)42(7)34(46)20-15-23-39(5,6)40-37(49)50-38(2,3)4/h10-22,24,32-33H,23,25-26H2,1-9H3,(H,40,49)(H,41,47)/b20-15+/t32-,33-/m1/s1. The van der Waals surface area contributed by atoms with Crippen LogP contribution in [0.25, 0.3) is 10.8 Å². The summed E-state index contributed by atoms with van der Waals surface area (Å²) in [6, 6.07) is 21.1. The molecule has 0 aliphatic heterocycles. The molecule has 3 aromatic rings. The van der Waals surface area contributed by atoms with Crippen LogP contribution in [0.3, 0.4) is 0 Å². The van der Waals surface area contributed by atoms with E-state index in [0.717, 1.165) is 26.9 Å². The Balaban J connectivity index is 1.92. The number of hydrazine groups is 1. The molecular weight excluding hydrogens is 634 g/mol. The Morgan fingerprint density at radius 1 is 0.760 bits per heavy atom. The highest BCUT2D eigenvalue weighted by Gasteiger charge is 2.35. The second-order valence-corrected chi connectivity index (χ2v) is 14.2. The van der Waals surface area contributed by atoms with E-state index in [0.29, 0.717) is 6.42 Å². The molecule has 0 bridgehead atoms. The largest absolute Gasteiger partial charge is 0.444 e. The van der Waals surface area contributed by atoms with Crippen molar-refractivity contribution >= 4 is 40.5 Å². The van der Waals surface area contributed by atoms with Crippen molar-refractivity contribution in [1.29, 1.82) is 0 Å². The van der Waals surface area contributed by atoms with Crippen LogP contribution in [0.1, 0.15) is 59.1 Å². The number of carbonyl (C=O) groups is 5. The Hall–Kier alpha value is -5.19. The second kappa shape index (κ2) is 17.0. The van der Waals surface area contributed by atoms with Gasteiger partial charge in [0.25, 0.3) is 5.91 Å². The van der Waals surface area contributed by atoms with Crippen molar-refractivity contribution in [3.8, 4) is 0 Å². The Morgan fingerprint density at radius 3 is 1.98 bits per heavy atom. The van der Waals surface area contributed by atoms with Crippen LogP contribution >= 0.6 is 0 Å². The maximum Gasteiger partial charge on any atom is 0.408 e. The lowest BCUT2D eigenvalue weighted by molar-refractivity contribution is -0.148. The van der Waals surface area contributed by atoms with Gasteiger partial charge in [-0.2, -0.15) is 0 Å². The third-order valence-corrected chi connectivity index (χ3v) is 8.21. The van der Waals surface area contributed by atoms with Crippen LogP contribution in [-0.2, 0) is 36.8 Å². The zero-order valence-corrected chi connectivity index (χ0v) is 30.7. The van der Waals surface area contributed by atoms with Crippen LogP contribution in [0.15, 0.2) is 84.9 Å². The summed E-state index contributed by atoms with van der Waals surface area (Å²) in [5.41, 5.74) is 2.86. The van der Waals surface area contributed by atoms with Gasteiger partial charge in [-0.1, -0.05) is 78.9 Å². The Labute approximate surface area is 295 Å². The maximum absolute atomic E-state index is 14.5. The fourth-order valence-corrected chi connectivity index (χ4v) is 5.29. The highest BCUT2D eigenvalue weighted by Crippen LogP contribution is 2.21. The highest BCUT2D eigenvalue weighted by molar-refractivity contribution is 5.95. The molecule has 0 aliphatic carbocycles. The number of benzene rings is 3. The van der Waals surface area contributed by atoms with Gasteiger partial charge in [-0.15, -0.1) is 0 Å². The van der Waals surface area contributed by atoms with Crippen molar-refractivity contribution in [3.05, 3.63) is 96.1 Å². The first-order valence-electron chi connectivity index (χ1n) is 16.6. The van der Waals surface area contributed by atoms with E-state index in [-0.39, 0.29) is 18.7 Å². The molecule has 2 N–H and O–H groups in total. The van der Waals surface area contributed by atoms with Crippen molar-refractivity contribution in [2.45, 2.75) is 84.0 Å². The van der Waals surface area contributed by atoms with Crippen LogP contribution < -0.4 is 10.7 Å². The molecule has 5 amide bonds. The number of ether oxygens (including phenoxy) is 1. The summed E-state index contributed by atoms with van der Waals surface area (Å²) in [4.78, 5) is 68.7. The van der Waals surface area contributed by atoms with Crippen LogP contribution in [0.5, 0.6) is 0 Å². The summed E-state index contributed by atoms with van der Waals surface area (Å²) in [6.07, 6.45) is 3.16. The molecule has 2 atom stereocenters. The Bertz CT molecular complexity index is 1700. The maximum atomic E-state index is 14.5. The van der Waals surface area contributed by atoms with E-state index in [4.69, 9.17) is 4.74 Å². The van der Waals surface area contributed by atoms with Crippen molar-refractivity contribution in [2.24, 2.45) is 0 Å². The van der Waals surface area contributed by atoms with Crippen molar-refractivity contribution in [1.82, 2.24) is 25.6 Å². The molecule has 0 unspecified atom stereocenters. The summed E-state index contributed by atoms with van der Waals surface area (Å²) in [5.74, 6) is -1.79. The Kier molecular flexibility index (Phi) is 13.3. The molecule has 11 nitrogen and oxygen atoms in total. The van der Waals surface area contributed by atoms with Gasteiger partial charge in [0.05, 0.1) is 0 Å². The number of alkyl carbamates (subject to hydrolysis) is 1. The van der Waals surface area contributed by atoms with E-state index >= 15 is 0 Å². The summed E-state index contributed by atoms with van der Waals surface area (Å²) in [6.45, 7) is 10.3. The molecule has 0 fully saturated rings. The summed E-state index contributed by atoms with van der Waals surface area (Å²) >= 11 is 0. The third kappa shape index (κ3) is 11.7. The number of nitrogens with one attached hydrogen (secondary N) is 2. The molecule has 0 spiro atoms. The topological polar surface area (TPSA) is 128 Å². The van der Waals surface area contributed by atoms with Crippen LogP contribution in [0.2, 0.25) is 0 Å². The number of hydrogen-bond acceptors (Lipinski definition) is 6. The van der Waals surface area contributed by atoms with Gasteiger partial charge in [0.2, 0.25) is 17.7 Å². The van der Waals surface area contributed by atoms with E-state index in [9.17, 15) is 24.0 Å². The van der Waals surface area contributed by atoms with Crippen LogP contribution in [0.4, 0.5) is 4.79 Å². The fourth-order valence-electron chi connectivity index (χ4n) is 5.29. The molecule has 11 heteroatoms. The van der Waals surface area contributed by atoms with E-state index in [1.54, 1.807) is 33.9 Å². The second-order valence-electron chi connectivity index (χ2n) is 14.2. The number of likely N-dealkylation sites (N-methyl/N-ethyl adjacent to an activating group) is 2. The van der Waals surface area contributed by atoms with Gasteiger partial charge in [-0.3, -0.25) is 29.6 Å². The summed E-state index contributed by atoms with van der Waals surface area (Å²) in [7, 11) is 4.53. The number of carbonyl (C=O) groups excluding carboxylic acids is 5. The quantitative estimate of drug-likeness (QED) is 0.203. The summed E-state index contributed by atoms with van der Waals surface area (Å²) in [5, 5.41) is 5.93. The first-order chi connectivity index (χ1) is 23.4. The molecule has 0 heterocycles. The van der Waals surface area contributed by atoms with Gasteiger partial charge in [0.15, 0.2) is 0 Å². The van der Waals surface area contributed by atoms with Crippen molar-refractivity contribution in [2.75, 3.05) is 21.1 Å². The number of amides is 5. The summed E-state index contributed by atoms with van der Waals surface area (Å²) < 4.78 is 5.37. The minimum Gasteiger partial charge on any atom is -0.444 e. The minimum absolute atomic E-state index is 0.181. The predicted octanol–water partition coefficient (Wildman–Crippen LogP) is 5.04. The fraction of sp³-hybridized carbons (Fsp3) is 0.410. The molecule has 268 valence electrons.